The number of carbonyl (C=O) groups is 1. The number of likely N-dealkylation sites (tertiary alicyclic amines) is 1. The fourth-order valence-electron chi connectivity index (χ4n) is 4.06. The molecule has 1 saturated heterocycles. The van der Waals surface area contributed by atoms with Gasteiger partial charge in [-0.1, -0.05) is 18.2 Å². The monoisotopic (exact) mass is 388 g/mol. The molecular formula is C23H21FN4O. The number of hydrogen-bond acceptors (Lipinski definition) is 2. The standard InChI is InChI=1S/C23H21FN4O/c1-16-4-3-12-26(16)23(29)21-11-13-28(25-21)22-10-9-20-8-7-18(15-27(20)22)17-5-2-6-19(24)14-17/h2,5-11,13-16H,3-4,12H2,1H3/t16-/m0/s1. The highest BCUT2D eigenvalue weighted by molar-refractivity contribution is 5.92. The van der Waals surface area contributed by atoms with E-state index in [1.54, 1.807) is 16.8 Å². The molecule has 3 aromatic heterocycles. The van der Waals surface area contributed by atoms with Gasteiger partial charge in [-0.2, -0.15) is 5.10 Å². The zero-order valence-corrected chi connectivity index (χ0v) is 16.1. The van der Waals surface area contributed by atoms with Gasteiger partial charge in [-0.15, -0.1) is 0 Å². The minimum atomic E-state index is -0.262. The Balaban J connectivity index is 1.51. The number of carbonyl (C=O) groups excluding carboxylic acids is 1. The first-order valence-electron chi connectivity index (χ1n) is 9.84. The molecule has 0 N–H and O–H groups in total. The van der Waals surface area contributed by atoms with Crippen LogP contribution in [0.1, 0.15) is 30.3 Å². The number of nitrogens with zero attached hydrogens (tertiary/aromatic N) is 4. The Kier molecular flexibility index (Phi) is 4.19. The lowest BCUT2D eigenvalue weighted by Gasteiger charge is -2.19. The fourth-order valence-corrected chi connectivity index (χ4v) is 4.06. The molecule has 0 aliphatic carbocycles. The third kappa shape index (κ3) is 3.10. The lowest BCUT2D eigenvalue weighted by atomic mass is 10.1. The molecule has 1 fully saturated rings. The minimum Gasteiger partial charge on any atom is -0.335 e. The number of hydrogen-bond donors (Lipinski definition) is 0. The van der Waals surface area contributed by atoms with Crippen molar-refractivity contribution in [2.75, 3.05) is 6.54 Å². The summed E-state index contributed by atoms with van der Waals surface area (Å²) in [7, 11) is 0. The Hall–Kier alpha value is -3.41. The van der Waals surface area contributed by atoms with Gasteiger partial charge in [-0.05, 0) is 67.3 Å². The average Bonchev–Trinajstić information content (AvgIpc) is 3.46. The predicted octanol–water partition coefficient (Wildman–Crippen LogP) is 4.56. The maximum absolute atomic E-state index is 13.6. The molecule has 0 spiro atoms. The highest BCUT2D eigenvalue weighted by Crippen LogP contribution is 2.24. The summed E-state index contributed by atoms with van der Waals surface area (Å²) in [6.45, 7) is 2.87. The molecule has 5 rings (SSSR count). The smallest absolute Gasteiger partial charge is 0.274 e. The number of amides is 1. The maximum Gasteiger partial charge on any atom is 0.274 e. The van der Waals surface area contributed by atoms with E-state index in [1.165, 1.54) is 12.1 Å². The van der Waals surface area contributed by atoms with E-state index in [4.69, 9.17) is 0 Å². The number of pyridine rings is 1. The summed E-state index contributed by atoms with van der Waals surface area (Å²) < 4.78 is 17.3. The van der Waals surface area contributed by atoms with E-state index >= 15 is 0 Å². The Labute approximate surface area is 168 Å². The van der Waals surface area contributed by atoms with E-state index in [0.29, 0.717) is 5.69 Å². The number of benzene rings is 1. The van der Waals surface area contributed by atoms with Gasteiger partial charge in [0, 0.05) is 30.5 Å². The van der Waals surface area contributed by atoms with E-state index < -0.39 is 0 Å². The van der Waals surface area contributed by atoms with Crippen LogP contribution < -0.4 is 0 Å². The van der Waals surface area contributed by atoms with Gasteiger partial charge in [0.1, 0.15) is 11.6 Å². The summed E-state index contributed by atoms with van der Waals surface area (Å²) in [6.07, 6.45) is 5.86. The number of aromatic nitrogens is 3. The highest BCUT2D eigenvalue weighted by atomic mass is 19.1. The second kappa shape index (κ2) is 6.88. The maximum atomic E-state index is 13.6. The van der Waals surface area contributed by atoms with Crippen molar-refractivity contribution >= 4 is 11.4 Å². The van der Waals surface area contributed by atoms with Crippen molar-refractivity contribution in [3.63, 3.8) is 0 Å². The van der Waals surface area contributed by atoms with E-state index in [2.05, 4.69) is 12.0 Å². The second-order valence-electron chi connectivity index (χ2n) is 7.55. The first-order chi connectivity index (χ1) is 14.1. The van der Waals surface area contributed by atoms with Gasteiger partial charge in [0.2, 0.25) is 0 Å². The first-order valence-corrected chi connectivity index (χ1v) is 9.84. The molecule has 1 atom stereocenters. The summed E-state index contributed by atoms with van der Waals surface area (Å²) in [5, 5.41) is 4.54. The van der Waals surface area contributed by atoms with Crippen LogP contribution in [0.2, 0.25) is 0 Å². The summed E-state index contributed by atoms with van der Waals surface area (Å²) in [5.74, 6) is 0.545. The van der Waals surface area contributed by atoms with E-state index in [9.17, 15) is 9.18 Å². The zero-order valence-electron chi connectivity index (χ0n) is 16.1. The highest BCUT2D eigenvalue weighted by Gasteiger charge is 2.27. The Morgan fingerprint density at radius 1 is 1.10 bits per heavy atom. The van der Waals surface area contributed by atoms with Crippen LogP contribution in [0.5, 0.6) is 0 Å². The number of halogens is 1. The van der Waals surface area contributed by atoms with Gasteiger partial charge in [0.15, 0.2) is 5.69 Å². The van der Waals surface area contributed by atoms with Gasteiger partial charge in [-0.25, -0.2) is 9.07 Å². The van der Waals surface area contributed by atoms with Crippen molar-refractivity contribution < 1.29 is 9.18 Å². The molecular weight excluding hydrogens is 367 g/mol. The zero-order chi connectivity index (χ0) is 20.0. The van der Waals surface area contributed by atoms with E-state index in [0.717, 1.165) is 41.8 Å². The molecule has 5 nitrogen and oxygen atoms in total. The molecule has 1 aliphatic rings. The summed E-state index contributed by atoms with van der Waals surface area (Å²) in [6, 6.07) is 16.5. The molecule has 146 valence electrons. The van der Waals surface area contributed by atoms with Crippen LogP contribution in [0.25, 0.3) is 22.5 Å². The van der Waals surface area contributed by atoms with Crippen LogP contribution in [0.3, 0.4) is 0 Å². The van der Waals surface area contributed by atoms with Crippen molar-refractivity contribution in [2.45, 2.75) is 25.8 Å². The Morgan fingerprint density at radius 2 is 1.97 bits per heavy atom. The number of fused-ring (bicyclic) bond motifs is 1. The van der Waals surface area contributed by atoms with Crippen LogP contribution in [-0.4, -0.2) is 37.6 Å². The van der Waals surface area contributed by atoms with Crippen molar-refractivity contribution in [2.24, 2.45) is 0 Å². The topological polar surface area (TPSA) is 42.5 Å². The Morgan fingerprint density at radius 3 is 2.76 bits per heavy atom. The lowest BCUT2D eigenvalue weighted by molar-refractivity contribution is 0.0741. The average molecular weight is 388 g/mol. The van der Waals surface area contributed by atoms with Gasteiger partial charge < -0.3 is 9.30 Å². The molecule has 0 unspecified atom stereocenters. The molecule has 1 aromatic carbocycles. The van der Waals surface area contributed by atoms with Crippen LogP contribution in [-0.2, 0) is 0 Å². The van der Waals surface area contributed by atoms with Crippen LogP contribution >= 0.6 is 0 Å². The molecule has 29 heavy (non-hydrogen) atoms. The van der Waals surface area contributed by atoms with E-state index in [-0.39, 0.29) is 17.8 Å². The quantitative estimate of drug-likeness (QED) is 0.517. The van der Waals surface area contributed by atoms with Gasteiger partial charge in [0.05, 0.1) is 0 Å². The van der Waals surface area contributed by atoms with Crippen LogP contribution in [0.15, 0.2) is 67.0 Å². The molecule has 0 saturated carbocycles. The molecule has 6 heteroatoms. The molecule has 0 radical (unpaired) electrons. The molecule has 0 bridgehead atoms. The summed E-state index contributed by atoms with van der Waals surface area (Å²) >= 11 is 0. The Bertz CT molecular complexity index is 1210. The normalized spacial score (nSPS) is 16.6. The lowest BCUT2D eigenvalue weighted by Crippen LogP contribution is -2.33. The largest absolute Gasteiger partial charge is 0.335 e. The molecule has 4 aromatic rings. The summed E-state index contributed by atoms with van der Waals surface area (Å²) in [4.78, 5) is 14.7. The van der Waals surface area contributed by atoms with Crippen LogP contribution in [0.4, 0.5) is 4.39 Å². The van der Waals surface area contributed by atoms with Crippen molar-refractivity contribution in [1.82, 2.24) is 19.1 Å². The SMILES string of the molecule is C[C@H]1CCCN1C(=O)c1ccn(-c2ccc3ccc(-c4cccc(F)c4)cn23)n1. The summed E-state index contributed by atoms with van der Waals surface area (Å²) in [5.41, 5.74) is 3.17. The fraction of sp³-hybridized carbons (Fsp3) is 0.217. The van der Waals surface area contributed by atoms with Crippen molar-refractivity contribution in [1.29, 1.82) is 0 Å². The first kappa shape index (κ1) is 17.7. The van der Waals surface area contributed by atoms with E-state index in [1.807, 2.05) is 52.0 Å². The number of rotatable bonds is 3. The second-order valence-corrected chi connectivity index (χ2v) is 7.55. The van der Waals surface area contributed by atoms with Gasteiger partial charge in [-0.3, -0.25) is 4.79 Å². The predicted molar refractivity (Wildman–Crippen MR) is 110 cm³/mol. The van der Waals surface area contributed by atoms with Gasteiger partial charge >= 0.3 is 0 Å². The van der Waals surface area contributed by atoms with Crippen molar-refractivity contribution in [3.05, 3.63) is 78.5 Å². The van der Waals surface area contributed by atoms with Gasteiger partial charge in [0.25, 0.3) is 5.91 Å². The third-order valence-corrected chi connectivity index (χ3v) is 5.64. The third-order valence-electron chi connectivity index (χ3n) is 5.64. The molecule has 4 heterocycles. The van der Waals surface area contributed by atoms with Crippen LogP contribution in [0, 0.1) is 5.82 Å². The molecule has 1 aliphatic heterocycles. The molecule has 1 amide bonds. The van der Waals surface area contributed by atoms with Crippen molar-refractivity contribution in [3.8, 4) is 16.9 Å². The minimum absolute atomic E-state index is 0.0185.